The summed E-state index contributed by atoms with van der Waals surface area (Å²) in [5.74, 6) is -0.192. The molecule has 5 nitrogen and oxygen atoms in total. The average molecular weight is 281 g/mol. The van der Waals surface area contributed by atoms with E-state index in [0.717, 1.165) is 5.69 Å². The van der Waals surface area contributed by atoms with Crippen molar-refractivity contribution in [3.63, 3.8) is 0 Å². The first-order chi connectivity index (χ1) is 8.86. The highest BCUT2D eigenvalue weighted by Crippen LogP contribution is 2.26. The average Bonchev–Trinajstić information content (AvgIpc) is 2.78. The summed E-state index contributed by atoms with van der Waals surface area (Å²) in [4.78, 5) is 27.5. The smallest absolute Gasteiger partial charge is 0.231 e. The minimum Gasteiger partial charge on any atom is -0.355 e. The number of piperidine rings is 1. The first kappa shape index (κ1) is 14.0. The van der Waals surface area contributed by atoms with E-state index in [1.54, 1.807) is 0 Å². The van der Waals surface area contributed by atoms with E-state index in [9.17, 15) is 9.59 Å². The standard InChI is InChI=1S/C13H19N3O2S/c1-13(2,3)9-7-19-12(15-9)16-11(18)8-4-5-10(17)14-6-8/h7-8H,4-6H2,1-3H3,(H,14,17)(H,15,16,18)/t8-/m1/s1. The third-order valence-corrected chi connectivity index (χ3v) is 3.90. The molecule has 1 saturated heterocycles. The Morgan fingerprint density at radius 1 is 1.53 bits per heavy atom. The van der Waals surface area contributed by atoms with Crippen molar-refractivity contribution in [3.8, 4) is 0 Å². The molecular formula is C13H19N3O2S. The van der Waals surface area contributed by atoms with Gasteiger partial charge in [0.2, 0.25) is 11.8 Å². The van der Waals surface area contributed by atoms with E-state index in [-0.39, 0.29) is 23.1 Å². The number of nitrogens with zero attached hydrogens (tertiary/aromatic N) is 1. The molecule has 1 aliphatic heterocycles. The Morgan fingerprint density at radius 3 is 2.79 bits per heavy atom. The van der Waals surface area contributed by atoms with Crippen molar-refractivity contribution in [3.05, 3.63) is 11.1 Å². The molecule has 1 aliphatic rings. The van der Waals surface area contributed by atoms with Gasteiger partial charge in [-0.15, -0.1) is 11.3 Å². The summed E-state index contributed by atoms with van der Waals surface area (Å²) in [6, 6.07) is 0. The molecule has 2 N–H and O–H groups in total. The molecule has 6 heteroatoms. The molecule has 0 aliphatic carbocycles. The first-order valence-corrected chi connectivity index (χ1v) is 7.28. The van der Waals surface area contributed by atoms with E-state index in [2.05, 4.69) is 36.4 Å². The molecule has 2 amide bonds. The van der Waals surface area contributed by atoms with Crippen molar-refractivity contribution in [1.29, 1.82) is 0 Å². The highest BCUT2D eigenvalue weighted by atomic mass is 32.1. The lowest BCUT2D eigenvalue weighted by Crippen LogP contribution is -2.40. The Hall–Kier alpha value is -1.43. The van der Waals surface area contributed by atoms with Gasteiger partial charge in [0.25, 0.3) is 0 Å². The molecule has 0 saturated carbocycles. The summed E-state index contributed by atoms with van der Waals surface area (Å²) in [6.07, 6.45) is 1.03. The van der Waals surface area contributed by atoms with E-state index in [1.807, 2.05) is 5.38 Å². The molecule has 19 heavy (non-hydrogen) atoms. The molecular weight excluding hydrogens is 262 g/mol. The molecule has 0 unspecified atom stereocenters. The minimum atomic E-state index is -0.153. The maximum Gasteiger partial charge on any atom is 0.231 e. The first-order valence-electron chi connectivity index (χ1n) is 6.40. The monoisotopic (exact) mass is 281 g/mol. The number of carbonyl (C=O) groups is 2. The summed E-state index contributed by atoms with van der Waals surface area (Å²) < 4.78 is 0. The zero-order chi connectivity index (χ0) is 14.0. The van der Waals surface area contributed by atoms with Crippen LogP contribution in [0.5, 0.6) is 0 Å². The van der Waals surface area contributed by atoms with E-state index < -0.39 is 0 Å². The summed E-state index contributed by atoms with van der Waals surface area (Å²) >= 11 is 1.44. The van der Waals surface area contributed by atoms with E-state index >= 15 is 0 Å². The van der Waals surface area contributed by atoms with Gasteiger partial charge in [-0.25, -0.2) is 4.98 Å². The van der Waals surface area contributed by atoms with E-state index in [4.69, 9.17) is 0 Å². The summed E-state index contributed by atoms with van der Waals surface area (Å²) in [5.41, 5.74) is 0.961. The van der Waals surface area contributed by atoms with E-state index in [1.165, 1.54) is 11.3 Å². The third-order valence-electron chi connectivity index (χ3n) is 3.14. The van der Waals surface area contributed by atoms with Gasteiger partial charge in [-0.05, 0) is 6.42 Å². The number of nitrogens with one attached hydrogen (secondary N) is 2. The van der Waals surface area contributed by atoms with Crippen LogP contribution >= 0.6 is 11.3 Å². The fraction of sp³-hybridized carbons (Fsp3) is 0.615. The van der Waals surface area contributed by atoms with Gasteiger partial charge in [0, 0.05) is 23.8 Å². The van der Waals surface area contributed by atoms with Crippen LogP contribution in [0.25, 0.3) is 0 Å². The lowest BCUT2D eigenvalue weighted by atomic mass is 9.93. The van der Waals surface area contributed by atoms with Crippen LogP contribution in [0.1, 0.15) is 39.3 Å². The van der Waals surface area contributed by atoms with Crippen LogP contribution in [0.15, 0.2) is 5.38 Å². The van der Waals surface area contributed by atoms with Crippen molar-refractivity contribution in [2.75, 3.05) is 11.9 Å². The van der Waals surface area contributed by atoms with Gasteiger partial charge in [0.15, 0.2) is 5.13 Å². The van der Waals surface area contributed by atoms with Crippen LogP contribution in [0, 0.1) is 5.92 Å². The number of amides is 2. The van der Waals surface area contributed by atoms with E-state index in [0.29, 0.717) is 24.5 Å². The fourth-order valence-electron chi connectivity index (χ4n) is 1.84. The Labute approximate surface area is 116 Å². The van der Waals surface area contributed by atoms with Gasteiger partial charge in [0.05, 0.1) is 11.6 Å². The minimum absolute atomic E-state index is 0.0156. The number of carbonyl (C=O) groups excluding carboxylic acids is 2. The zero-order valence-corrected chi connectivity index (χ0v) is 12.3. The van der Waals surface area contributed by atoms with Crippen LogP contribution in [-0.2, 0) is 15.0 Å². The van der Waals surface area contributed by atoms with Crippen molar-refractivity contribution in [1.82, 2.24) is 10.3 Å². The number of hydrogen-bond donors (Lipinski definition) is 2. The maximum atomic E-state index is 12.0. The summed E-state index contributed by atoms with van der Waals surface area (Å²) in [6.45, 7) is 6.68. The Kier molecular flexibility index (Phi) is 3.89. The lowest BCUT2D eigenvalue weighted by Gasteiger charge is -2.21. The number of thiazole rings is 1. The lowest BCUT2D eigenvalue weighted by molar-refractivity contribution is -0.126. The number of anilines is 1. The fourth-order valence-corrected chi connectivity index (χ4v) is 2.78. The quantitative estimate of drug-likeness (QED) is 0.870. The second kappa shape index (κ2) is 5.28. The Bertz CT molecular complexity index is 480. The number of hydrogen-bond acceptors (Lipinski definition) is 4. The molecule has 0 bridgehead atoms. The second-order valence-electron chi connectivity index (χ2n) is 5.82. The summed E-state index contributed by atoms with van der Waals surface area (Å²) in [5, 5.41) is 8.15. The predicted octanol–water partition coefficient (Wildman–Crippen LogP) is 1.91. The van der Waals surface area contributed by atoms with Gasteiger partial charge in [-0.2, -0.15) is 0 Å². The van der Waals surface area contributed by atoms with Crippen LogP contribution in [-0.4, -0.2) is 23.3 Å². The van der Waals surface area contributed by atoms with Gasteiger partial charge in [0.1, 0.15) is 0 Å². The molecule has 0 aromatic carbocycles. The third kappa shape index (κ3) is 3.53. The number of rotatable bonds is 2. The number of aromatic nitrogens is 1. The van der Waals surface area contributed by atoms with Crippen LogP contribution in [0.3, 0.4) is 0 Å². The van der Waals surface area contributed by atoms with Gasteiger partial charge in [-0.1, -0.05) is 20.8 Å². The highest BCUT2D eigenvalue weighted by molar-refractivity contribution is 7.13. The van der Waals surface area contributed by atoms with Crippen LogP contribution in [0.2, 0.25) is 0 Å². The molecule has 1 aromatic rings. The van der Waals surface area contributed by atoms with Crippen molar-refractivity contribution in [2.24, 2.45) is 5.92 Å². The molecule has 2 rings (SSSR count). The van der Waals surface area contributed by atoms with Crippen molar-refractivity contribution >= 4 is 28.3 Å². The summed E-state index contributed by atoms with van der Waals surface area (Å²) in [7, 11) is 0. The predicted molar refractivity (Wildman–Crippen MR) is 75.2 cm³/mol. The van der Waals surface area contributed by atoms with Crippen molar-refractivity contribution in [2.45, 2.75) is 39.0 Å². The SMILES string of the molecule is CC(C)(C)c1csc(NC(=O)[C@@H]2CCC(=O)NC2)n1. The van der Waals surface area contributed by atoms with Gasteiger partial charge in [-0.3, -0.25) is 9.59 Å². The molecule has 0 radical (unpaired) electrons. The Morgan fingerprint density at radius 2 is 2.26 bits per heavy atom. The molecule has 1 fully saturated rings. The maximum absolute atomic E-state index is 12.0. The normalized spacial score (nSPS) is 19.9. The molecule has 104 valence electrons. The van der Waals surface area contributed by atoms with Crippen molar-refractivity contribution < 1.29 is 9.59 Å². The Balaban J connectivity index is 1.95. The molecule has 2 heterocycles. The zero-order valence-electron chi connectivity index (χ0n) is 11.4. The van der Waals surface area contributed by atoms with Crippen LogP contribution in [0.4, 0.5) is 5.13 Å². The van der Waals surface area contributed by atoms with Crippen LogP contribution < -0.4 is 10.6 Å². The second-order valence-corrected chi connectivity index (χ2v) is 6.67. The largest absolute Gasteiger partial charge is 0.355 e. The van der Waals surface area contributed by atoms with Gasteiger partial charge < -0.3 is 10.6 Å². The topological polar surface area (TPSA) is 71.1 Å². The molecule has 0 spiro atoms. The van der Waals surface area contributed by atoms with Gasteiger partial charge >= 0.3 is 0 Å². The highest BCUT2D eigenvalue weighted by Gasteiger charge is 2.25. The molecule has 1 atom stereocenters. The molecule has 1 aromatic heterocycles.